The quantitative estimate of drug-likeness (QED) is 0.944. The number of aromatic nitrogens is 1. The van der Waals surface area contributed by atoms with Crippen molar-refractivity contribution in [3.05, 3.63) is 40.5 Å². The summed E-state index contributed by atoms with van der Waals surface area (Å²) in [6, 6.07) is 8.74. The summed E-state index contributed by atoms with van der Waals surface area (Å²) in [6.45, 7) is 2.48. The van der Waals surface area contributed by atoms with Crippen LogP contribution in [-0.4, -0.2) is 24.2 Å². The van der Waals surface area contributed by atoms with E-state index in [2.05, 4.69) is 44.4 Å². The lowest BCUT2D eigenvalue weighted by molar-refractivity contribution is -0.00574. The lowest BCUT2D eigenvalue weighted by Crippen LogP contribution is -2.45. The van der Waals surface area contributed by atoms with Crippen molar-refractivity contribution in [1.82, 2.24) is 10.3 Å². The van der Waals surface area contributed by atoms with Gasteiger partial charge in [-0.2, -0.15) is 0 Å². The largest absolute Gasteiger partial charge is 0.378 e. The highest BCUT2D eigenvalue weighted by molar-refractivity contribution is 9.10. The summed E-state index contributed by atoms with van der Waals surface area (Å²) in [5, 5.41) is 4.63. The zero-order valence-corrected chi connectivity index (χ0v) is 10.9. The molecule has 3 nitrogen and oxygen atoms in total. The van der Waals surface area contributed by atoms with Crippen molar-refractivity contribution >= 4 is 26.8 Å². The van der Waals surface area contributed by atoms with Gasteiger partial charge in [-0.05, 0) is 17.7 Å². The fourth-order valence-electron chi connectivity index (χ4n) is 1.95. The molecule has 1 saturated heterocycles. The minimum Gasteiger partial charge on any atom is -0.378 e. The lowest BCUT2D eigenvalue weighted by atomic mass is 10.1. The molecule has 0 saturated carbocycles. The summed E-state index contributed by atoms with van der Waals surface area (Å²) < 4.78 is 6.24. The minimum atomic E-state index is 0.498. The molecule has 0 unspecified atom stereocenters. The predicted octanol–water partition coefficient (Wildman–Crippen LogP) is 2.49. The first-order valence-electron chi connectivity index (χ1n) is 5.68. The molecule has 88 valence electrons. The predicted molar refractivity (Wildman–Crippen MR) is 70.9 cm³/mol. The zero-order chi connectivity index (χ0) is 11.7. The fourth-order valence-corrected chi connectivity index (χ4v) is 2.40. The van der Waals surface area contributed by atoms with Crippen LogP contribution in [0, 0.1) is 0 Å². The van der Waals surface area contributed by atoms with Crippen molar-refractivity contribution in [3.63, 3.8) is 0 Å². The van der Waals surface area contributed by atoms with E-state index in [-0.39, 0.29) is 0 Å². The maximum atomic E-state index is 5.14. The highest BCUT2D eigenvalue weighted by atomic mass is 79.9. The van der Waals surface area contributed by atoms with Gasteiger partial charge in [-0.15, -0.1) is 0 Å². The molecule has 0 amide bonds. The minimum absolute atomic E-state index is 0.498. The van der Waals surface area contributed by atoms with Crippen LogP contribution in [0.15, 0.2) is 34.9 Å². The molecule has 3 rings (SSSR count). The molecule has 0 spiro atoms. The van der Waals surface area contributed by atoms with E-state index >= 15 is 0 Å². The summed E-state index contributed by atoms with van der Waals surface area (Å²) in [6.07, 6.45) is 1.84. The van der Waals surface area contributed by atoms with E-state index in [0.717, 1.165) is 35.1 Å². The number of benzene rings is 1. The molecule has 2 heterocycles. The van der Waals surface area contributed by atoms with Gasteiger partial charge >= 0.3 is 0 Å². The first kappa shape index (κ1) is 11.1. The molecule has 4 heteroatoms. The maximum absolute atomic E-state index is 5.14. The second-order valence-corrected chi connectivity index (χ2v) is 5.08. The molecular weight excluding hydrogens is 280 g/mol. The van der Waals surface area contributed by atoms with Crippen LogP contribution in [0.4, 0.5) is 0 Å². The Kier molecular flexibility index (Phi) is 3.09. The number of halogens is 1. The SMILES string of the molecule is Brc1ccc(CNC2COC2)c2ncccc12. The van der Waals surface area contributed by atoms with Crippen molar-refractivity contribution in [2.45, 2.75) is 12.6 Å². The summed E-state index contributed by atoms with van der Waals surface area (Å²) in [7, 11) is 0. The van der Waals surface area contributed by atoms with Crippen LogP contribution in [0.2, 0.25) is 0 Å². The van der Waals surface area contributed by atoms with Gasteiger partial charge in [-0.3, -0.25) is 4.98 Å². The van der Waals surface area contributed by atoms with Gasteiger partial charge in [0.1, 0.15) is 0 Å². The average Bonchev–Trinajstić information content (AvgIpc) is 2.30. The summed E-state index contributed by atoms with van der Waals surface area (Å²) in [4.78, 5) is 4.46. The third-order valence-electron chi connectivity index (χ3n) is 3.02. The molecule has 1 aliphatic rings. The number of ether oxygens (including phenoxy) is 1. The van der Waals surface area contributed by atoms with Gasteiger partial charge in [0, 0.05) is 22.6 Å². The van der Waals surface area contributed by atoms with E-state index in [4.69, 9.17) is 4.74 Å². The van der Waals surface area contributed by atoms with Crippen molar-refractivity contribution in [3.8, 4) is 0 Å². The Morgan fingerprint density at radius 2 is 2.24 bits per heavy atom. The van der Waals surface area contributed by atoms with E-state index in [1.807, 2.05) is 12.3 Å². The molecular formula is C13H13BrN2O. The lowest BCUT2D eigenvalue weighted by Gasteiger charge is -2.27. The van der Waals surface area contributed by atoms with Gasteiger partial charge in [-0.25, -0.2) is 0 Å². The molecule has 1 aliphatic heterocycles. The Bertz CT molecular complexity index is 540. The van der Waals surface area contributed by atoms with Crippen molar-refractivity contribution in [2.75, 3.05) is 13.2 Å². The number of nitrogens with one attached hydrogen (secondary N) is 1. The van der Waals surface area contributed by atoms with Gasteiger partial charge in [-0.1, -0.05) is 28.1 Å². The van der Waals surface area contributed by atoms with Crippen LogP contribution < -0.4 is 5.32 Å². The van der Waals surface area contributed by atoms with E-state index in [1.165, 1.54) is 5.56 Å². The number of fused-ring (bicyclic) bond motifs is 1. The molecule has 2 aromatic rings. The van der Waals surface area contributed by atoms with E-state index in [1.54, 1.807) is 0 Å². The standard InChI is InChI=1S/C13H13BrN2O/c14-12-4-3-9(6-16-10-7-17-8-10)13-11(12)2-1-5-15-13/h1-5,10,16H,6-8H2. The van der Waals surface area contributed by atoms with Crippen molar-refractivity contribution < 1.29 is 4.74 Å². The molecule has 1 aromatic carbocycles. The molecule has 17 heavy (non-hydrogen) atoms. The maximum Gasteiger partial charge on any atom is 0.0758 e. The normalized spacial score (nSPS) is 16.1. The third kappa shape index (κ3) is 2.20. The fraction of sp³-hybridized carbons (Fsp3) is 0.308. The Morgan fingerprint density at radius 1 is 1.35 bits per heavy atom. The van der Waals surface area contributed by atoms with Crippen molar-refractivity contribution in [1.29, 1.82) is 0 Å². The first-order chi connectivity index (χ1) is 8.34. The molecule has 0 bridgehead atoms. The van der Waals surface area contributed by atoms with Crippen molar-refractivity contribution in [2.24, 2.45) is 0 Å². The molecule has 1 fully saturated rings. The second-order valence-electron chi connectivity index (χ2n) is 4.22. The first-order valence-corrected chi connectivity index (χ1v) is 6.47. The summed E-state index contributed by atoms with van der Waals surface area (Å²) >= 11 is 3.56. The van der Waals surface area contributed by atoms with Gasteiger partial charge in [0.25, 0.3) is 0 Å². The Morgan fingerprint density at radius 3 is 3.00 bits per heavy atom. The molecule has 1 N–H and O–H groups in total. The Labute approximate surface area is 108 Å². The number of nitrogens with zero attached hydrogens (tertiary/aromatic N) is 1. The molecule has 1 aromatic heterocycles. The van der Waals surface area contributed by atoms with E-state index in [0.29, 0.717) is 6.04 Å². The summed E-state index contributed by atoms with van der Waals surface area (Å²) in [5.74, 6) is 0. The Balaban J connectivity index is 1.90. The second kappa shape index (κ2) is 4.72. The van der Waals surface area contributed by atoms with Crippen LogP contribution in [0.3, 0.4) is 0 Å². The van der Waals surface area contributed by atoms with Crippen LogP contribution >= 0.6 is 15.9 Å². The monoisotopic (exact) mass is 292 g/mol. The highest BCUT2D eigenvalue weighted by Crippen LogP contribution is 2.25. The topological polar surface area (TPSA) is 34.1 Å². The zero-order valence-electron chi connectivity index (χ0n) is 9.32. The van der Waals surface area contributed by atoms with Gasteiger partial charge in [0.15, 0.2) is 0 Å². The smallest absolute Gasteiger partial charge is 0.0758 e. The average molecular weight is 293 g/mol. The Hall–Kier alpha value is -0.970. The highest BCUT2D eigenvalue weighted by Gasteiger charge is 2.17. The van der Waals surface area contributed by atoms with Gasteiger partial charge < -0.3 is 10.1 Å². The van der Waals surface area contributed by atoms with Crippen LogP contribution in [0.5, 0.6) is 0 Å². The third-order valence-corrected chi connectivity index (χ3v) is 3.71. The summed E-state index contributed by atoms with van der Waals surface area (Å²) in [5.41, 5.74) is 2.30. The van der Waals surface area contributed by atoms with Gasteiger partial charge in [0.05, 0.1) is 24.8 Å². The number of hydrogen-bond acceptors (Lipinski definition) is 3. The van der Waals surface area contributed by atoms with Gasteiger partial charge in [0.2, 0.25) is 0 Å². The van der Waals surface area contributed by atoms with E-state index < -0.39 is 0 Å². The number of pyridine rings is 1. The molecule has 0 radical (unpaired) electrons. The number of rotatable bonds is 3. The molecule has 0 aliphatic carbocycles. The van der Waals surface area contributed by atoms with Crippen LogP contribution in [0.1, 0.15) is 5.56 Å². The molecule has 0 atom stereocenters. The van der Waals surface area contributed by atoms with Crippen LogP contribution in [-0.2, 0) is 11.3 Å². The van der Waals surface area contributed by atoms with Crippen LogP contribution in [0.25, 0.3) is 10.9 Å². The van der Waals surface area contributed by atoms with E-state index in [9.17, 15) is 0 Å². The number of hydrogen-bond donors (Lipinski definition) is 1.